The van der Waals surface area contributed by atoms with Crippen molar-refractivity contribution in [3.8, 4) is 17.1 Å². The highest BCUT2D eigenvalue weighted by atomic mass is 35.5. The molecule has 5 N–H and O–H groups in total. The van der Waals surface area contributed by atoms with Gasteiger partial charge in [0.15, 0.2) is 6.61 Å². The molecule has 0 unspecified atom stereocenters. The number of imidazole rings is 1. The van der Waals surface area contributed by atoms with Gasteiger partial charge in [0.05, 0.1) is 23.0 Å². The molecular formula is C28H24ClN5O4. The van der Waals surface area contributed by atoms with Crippen LogP contribution in [0.2, 0.25) is 5.02 Å². The van der Waals surface area contributed by atoms with Gasteiger partial charge < -0.3 is 30.4 Å². The van der Waals surface area contributed by atoms with Crippen molar-refractivity contribution in [2.75, 3.05) is 23.8 Å². The third kappa shape index (κ3) is 5.69. The Balaban J connectivity index is 1.35. The van der Waals surface area contributed by atoms with Gasteiger partial charge >= 0.3 is 0 Å². The van der Waals surface area contributed by atoms with Crippen molar-refractivity contribution < 1.29 is 14.6 Å². The maximum absolute atomic E-state index is 12.8. The van der Waals surface area contributed by atoms with E-state index < -0.39 is 6.10 Å². The maximum Gasteiger partial charge on any atom is 0.262 e. The molecule has 192 valence electrons. The number of anilines is 2. The molecule has 0 saturated carbocycles. The molecule has 1 amide bonds. The van der Waals surface area contributed by atoms with Crippen LogP contribution in [0.5, 0.6) is 5.75 Å². The number of amides is 1. The van der Waals surface area contributed by atoms with Crippen LogP contribution in [-0.2, 0) is 4.79 Å². The number of aliphatic hydroxyl groups is 1. The van der Waals surface area contributed by atoms with Crippen molar-refractivity contribution in [2.24, 2.45) is 0 Å². The number of aromatic nitrogens is 3. The molecule has 10 heteroatoms. The fraction of sp³-hybridized carbons (Fsp3) is 0.107. The zero-order valence-electron chi connectivity index (χ0n) is 20.1. The lowest BCUT2D eigenvalue weighted by Gasteiger charge is -2.14. The minimum absolute atomic E-state index is 0.190. The molecule has 5 aromatic rings. The Labute approximate surface area is 222 Å². The third-order valence-electron chi connectivity index (χ3n) is 5.84. The summed E-state index contributed by atoms with van der Waals surface area (Å²) in [5.41, 5.74) is 2.78. The van der Waals surface area contributed by atoms with Crippen LogP contribution in [0.15, 0.2) is 89.9 Å². The summed E-state index contributed by atoms with van der Waals surface area (Å²) in [6.45, 7) is -0.0128. The van der Waals surface area contributed by atoms with Gasteiger partial charge in [-0.05, 0) is 48.0 Å². The number of hydrogen-bond donors (Lipinski definition) is 5. The molecule has 0 aliphatic heterocycles. The van der Waals surface area contributed by atoms with Gasteiger partial charge in [-0.2, -0.15) is 0 Å². The number of halogens is 1. The van der Waals surface area contributed by atoms with Crippen molar-refractivity contribution >= 4 is 39.9 Å². The predicted octanol–water partition coefficient (Wildman–Crippen LogP) is 4.73. The predicted molar refractivity (Wildman–Crippen MR) is 148 cm³/mol. The Morgan fingerprint density at radius 1 is 1.00 bits per heavy atom. The summed E-state index contributed by atoms with van der Waals surface area (Å²) in [5, 5.41) is 17.1. The first-order valence-corrected chi connectivity index (χ1v) is 12.2. The number of carbonyl (C=O) groups excluding carboxylic acids is 1. The summed E-state index contributed by atoms with van der Waals surface area (Å²) < 4.78 is 5.52. The second-order valence-corrected chi connectivity index (χ2v) is 8.92. The molecule has 0 aliphatic carbocycles. The average molecular weight is 530 g/mol. The molecule has 5 rings (SSSR count). The van der Waals surface area contributed by atoms with Gasteiger partial charge in [-0.1, -0.05) is 48.0 Å². The van der Waals surface area contributed by atoms with Gasteiger partial charge in [0.25, 0.3) is 11.5 Å². The Morgan fingerprint density at radius 2 is 1.79 bits per heavy atom. The average Bonchev–Trinajstić information content (AvgIpc) is 3.37. The first-order valence-electron chi connectivity index (χ1n) is 11.8. The molecule has 1 atom stereocenters. The molecule has 0 aliphatic rings. The van der Waals surface area contributed by atoms with E-state index in [1.807, 2.05) is 30.3 Å². The van der Waals surface area contributed by atoms with Gasteiger partial charge in [-0.25, -0.2) is 4.98 Å². The number of H-pyrrole nitrogens is 2. The number of nitrogens with zero attached hydrogens (tertiary/aromatic N) is 1. The number of fused-ring (bicyclic) bond motifs is 1. The Bertz CT molecular complexity index is 1620. The van der Waals surface area contributed by atoms with Gasteiger partial charge in [0.2, 0.25) is 0 Å². The van der Waals surface area contributed by atoms with Crippen LogP contribution in [0, 0.1) is 0 Å². The lowest BCUT2D eigenvalue weighted by molar-refractivity contribution is -0.118. The van der Waals surface area contributed by atoms with Crippen molar-refractivity contribution in [1.82, 2.24) is 15.0 Å². The molecule has 0 fully saturated rings. The Morgan fingerprint density at radius 3 is 2.58 bits per heavy atom. The summed E-state index contributed by atoms with van der Waals surface area (Å²) in [4.78, 5) is 35.8. The molecule has 0 spiro atoms. The van der Waals surface area contributed by atoms with E-state index in [9.17, 15) is 14.7 Å². The molecule has 9 nitrogen and oxygen atoms in total. The SMILES string of the molecule is O=C(COc1ccc(Cl)cc1)Nc1cccc2[nH]c(-c3c(NC[C@@H](O)c4ccccc4)cc[nH]c3=O)nc12. The van der Waals surface area contributed by atoms with Crippen LogP contribution in [0.3, 0.4) is 0 Å². The van der Waals surface area contributed by atoms with E-state index >= 15 is 0 Å². The number of benzene rings is 3. The molecular weight excluding hydrogens is 506 g/mol. The summed E-state index contributed by atoms with van der Waals surface area (Å²) in [5.74, 6) is 0.468. The van der Waals surface area contributed by atoms with E-state index in [1.165, 1.54) is 6.20 Å². The summed E-state index contributed by atoms with van der Waals surface area (Å²) in [6.07, 6.45) is 0.758. The van der Waals surface area contributed by atoms with Crippen LogP contribution in [-0.4, -0.2) is 39.1 Å². The van der Waals surface area contributed by atoms with E-state index in [0.29, 0.717) is 39.0 Å². The fourth-order valence-corrected chi connectivity index (χ4v) is 4.10. The second kappa shape index (κ2) is 11.2. The number of ether oxygens (including phenoxy) is 1. The number of carbonyl (C=O) groups is 1. The van der Waals surface area contributed by atoms with Crippen molar-refractivity contribution in [2.45, 2.75) is 6.10 Å². The van der Waals surface area contributed by atoms with Gasteiger partial charge in [-0.15, -0.1) is 0 Å². The smallest absolute Gasteiger partial charge is 0.262 e. The van der Waals surface area contributed by atoms with E-state index in [-0.39, 0.29) is 30.2 Å². The van der Waals surface area contributed by atoms with Gasteiger partial charge in [0.1, 0.15) is 22.7 Å². The molecule has 3 aromatic carbocycles. The van der Waals surface area contributed by atoms with Gasteiger partial charge in [0, 0.05) is 17.8 Å². The molecule has 38 heavy (non-hydrogen) atoms. The number of para-hydroxylation sites is 1. The van der Waals surface area contributed by atoms with Crippen LogP contribution in [0.1, 0.15) is 11.7 Å². The highest BCUT2D eigenvalue weighted by molar-refractivity contribution is 6.30. The van der Waals surface area contributed by atoms with Crippen LogP contribution < -0.4 is 20.9 Å². The quantitative estimate of drug-likeness (QED) is 0.187. The number of aliphatic hydroxyl groups excluding tert-OH is 1. The van der Waals surface area contributed by atoms with Crippen LogP contribution in [0.4, 0.5) is 11.4 Å². The Hall–Kier alpha value is -4.60. The first-order chi connectivity index (χ1) is 18.5. The molecule has 2 aromatic heterocycles. The van der Waals surface area contributed by atoms with Crippen LogP contribution in [0.25, 0.3) is 22.4 Å². The topological polar surface area (TPSA) is 132 Å². The maximum atomic E-state index is 12.8. The minimum atomic E-state index is -0.768. The molecule has 0 saturated heterocycles. The number of rotatable bonds is 9. The fourth-order valence-electron chi connectivity index (χ4n) is 3.98. The first kappa shape index (κ1) is 25.1. The molecule has 0 bridgehead atoms. The zero-order chi connectivity index (χ0) is 26.5. The summed E-state index contributed by atoms with van der Waals surface area (Å²) >= 11 is 5.88. The second-order valence-electron chi connectivity index (χ2n) is 8.48. The highest BCUT2D eigenvalue weighted by Gasteiger charge is 2.17. The van der Waals surface area contributed by atoms with Crippen LogP contribution >= 0.6 is 11.6 Å². The van der Waals surface area contributed by atoms with E-state index in [4.69, 9.17) is 16.3 Å². The molecule has 0 radical (unpaired) electrons. The Kier molecular flexibility index (Phi) is 7.39. The number of hydrogen-bond acceptors (Lipinski definition) is 6. The molecule has 2 heterocycles. The lowest BCUT2D eigenvalue weighted by atomic mass is 10.1. The van der Waals surface area contributed by atoms with E-state index in [0.717, 1.165) is 5.56 Å². The van der Waals surface area contributed by atoms with E-state index in [1.54, 1.807) is 48.5 Å². The number of aromatic amines is 2. The normalized spacial score (nSPS) is 11.7. The largest absolute Gasteiger partial charge is 0.484 e. The van der Waals surface area contributed by atoms with Crippen molar-refractivity contribution in [1.29, 1.82) is 0 Å². The number of pyridine rings is 1. The highest BCUT2D eigenvalue weighted by Crippen LogP contribution is 2.28. The lowest BCUT2D eigenvalue weighted by Crippen LogP contribution is -2.20. The van der Waals surface area contributed by atoms with E-state index in [2.05, 4.69) is 25.6 Å². The number of nitrogens with one attached hydrogen (secondary N) is 4. The summed E-state index contributed by atoms with van der Waals surface area (Å²) in [6, 6.07) is 23.0. The third-order valence-corrected chi connectivity index (χ3v) is 6.09. The van der Waals surface area contributed by atoms with Gasteiger partial charge in [-0.3, -0.25) is 9.59 Å². The standard InChI is InChI=1S/C28H24ClN5O4/c29-18-9-11-19(12-10-18)38-16-24(36)32-21-7-4-8-22-26(21)34-27(33-22)25-20(13-14-30-28(25)37)31-15-23(35)17-5-2-1-3-6-17/h1-14,23,35H,15-16H2,(H,32,36)(H,33,34)(H2,30,31,37)/t23-/m1/s1. The zero-order valence-corrected chi connectivity index (χ0v) is 20.8. The minimum Gasteiger partial charge on any atom is -0.484 e. The monoisotopic (exact) mass is 529 g/mol. The summed E-state index contributed by atoms with van der Waals surface area (Å²) in [7, 11) is 0. The van der Waals surface area contributed by atoms with Crippen molar-refractivity contribution in [3.63, 3.8) is 0 Å². The van der Waals surface area contributed by atoms with Crippen molar-refractivity contribution in [3.05, 3.63) is 106 Å².